The summed E-state index contributed by atoms with van der Waals surface area (Å²) in [4.78, 5) is 6.64. The van der Waals surface area contributed by atoms with Gasteiger partial charge in [0.1, 0.15) is 5.82 Å². The minimum atomic E-state index is 0.0371. The number of H-pyrrole nitrogens is 1. The molecule has 8 heteroatoms. The van der Waals surface area contributed by atoms with Gasteiger partial charge >= 0.3 is 0 Å². The van der Waals surface area contributed by atoms with Crippen LogP contribution in [0.1, 0.15) is 28.6 Å². The van der Waals surface area contributed by atoms with Gasteiger partial charge in [-0.25, -0.2) is 4.98 Å². The number of aromatic amines is 1. The first kappa shape index (κ1) is 18.9. The molecule has 0 aliphatic carbocycles. The van der Waals surface area contributed by atoms with E-state index >= 15 is 0 Å². The molecule has 2 aromatic carbocycles. The van der Waals surface area contributed by atoms with E-state index in [-0.39, 0.29) is 5.92 Å². The lowest BCUT2D eigenvalue weighted by Crippen LogP contribution is -2.15. The molecular weight excluding hydrogens is 388 g/mol. The summed E-state index contributed by atoms with van der Waals surface area (Å²) in [6.45, 7) is 2.00. The molecule has 8 nitrogen and oxygen atoms in total. The summed E-state index contributed by atoms with van der Waals surface area (Å²) in [6, 6.07) is 22.8. The summed E-state index contributed by atoms with van der Waals surface area (Å²) < 4.78 is 1.85. The van der Waals surface area contributed by atoms with Gasteiger partial charge in [-0.05, 0) is 36.6 Å². The zero-order valence-electron chi connectivity index (χ0n) is 17.3. The van der Waals surface area contributed by atoms with Crippen molar-refractivity contribution in [1.82, 2.24) is 35.2 Å². The van der Waals surface area contributed by atoms with Crippen LogP contribution >= 0.6 is 0 Å². The van der Waals surface area contributed by atoms with E-state index in [1.807, 2.05) is 48.8 Å². The van der Waals surface area contributed by atoms with Crippen LogP contribution in [0.25, 0.3) is 5.65 Å². The van der Waals surface area contributed by atoms with Gasteiger partial charge in [0.05, 0.1) is 12.1 Å². The van der Waals surface area contributed by atoms with Gasteiger partial charge < -0.3 is 4.90 Å². The predicted octanol–water partition coefficient (Wildman–Crippen LogP) is 3.69. The molecule has 0 aliphatic rings. The number of nitrogens with one attached hydrogen (secondary N) is 1. The van der Waals surface area contributed by atoms with Crippen LogP contribution in [-0.4, -0.2) is 42.3 Å². The van der Waals surface area contributed by atoms with Crippen LogP contribution in [0.4, 0.5) is 11.5 Å². The second-order valence-electron chi connectivity index (χ2n) is 7.52. The molecule has 3 heterocycles. The molecule has 0 saturated heterocycles. The minimum absolute atomic E-state index is 0.0371. The first-order chi connectivity index (χ1) is 15.2. The molecule has 0 saturated carbocycles. The monoisotopic (exact) mass is 410 g/mol. The Kier molecular flexibility index (Phi) is 4.87. The third kappa shape index (κ3) is 3.75. The van der Waals surface area contributed by atoms with Crippen molar-refractivity contribution in [2.75, 3.05) is 11.9 Å². The first-order valence-corrected chi connectivity index (χ1v) is 10.1. The lowest BCUT2D eigenvalue weighted by molar-refractivity contribution is 0.740. The van der Waals surface area contributed by atoms with Gasteiger partial charge in [-0.3, -0.25) is 0 Å². The molecule has 31 heavy (non-hydrogen) atoms. The molecule has 0 aliphatic heterocycles. The van der Waals surface area contributed by atoms with Gasteiger partial charge in [0.2, 0.25) is 0 Å². The minimum Gasteiger partial charge on any atom is -0.329 e. The van der Waals surface area contributed by atoms with Gasteiger partial charge in [0.15, 0.2) is 11.5 Å². The molecular formula is C23H22N8. The normalized spacial score (nSPS) is 12.2. The molecule has 1 atom stereocenters. The second-order valence-corrected chi connectivity index (χ2v) is 7.52. The van der Waals surface area contributed by atoms with Gasteiger partial charge in [-0.1, -0.05) is 47.7 Å². The smallest absolute Gasteiger partial charge is 0.182 e. The van der Waals surface area contributed by atoms with Gasteiger partial charge in [-0.15, -0.1) is 10.2 Å². The van der Waals surface area contributed by atoms with Crippen LogP contribution < -0.4 is 4.90 Å². The van der Waals surface area contributed by atoms with Crippen LogP contribution in [0.15, 0.2) is 72.9 Å². The Labute approximate surface area is 179 Å². The zero-order valence-corrected chi connectivity index (χ0v) is 17.3. The van der Waals surface area contributed by atoms with Crippen LogP contribution in [0, 0.1) is 6.92 Å². The Balaban J connectivity index is 1.42. The van der Waals surface area contributed by atoms with Crippen molar-refractivity contribution in [3.8, 4) is 0 Å². The molecule has 0 radical (unpaired) electrons. The lowest BCUT2D eigenvalue weighted by Gasteiger charge is -2.21. The highest BCUT2D eigenvalue weighted by atomic mass is 15.5. The lowest BCUT2D eigenvalue weighted by atomic mass is 9.91. The molecule has 0 bridgehead atoms. The Morgan fingerprint density at radius 1 is 1.03 bits per heavy atom. The Hall–Kier alpha value is -4.07. The Morgan fingerprint density at radius 2 is 1.84 bits per heavy atom. The molecule has 5 rings (SSSR count). The molecule has 0 amide bonds. The fourth-order valence-electron chi connectivity index (χ4n) is 3.84. The maximum atomic E-state index is 4.53. The highest BCUT2D eigenvalue weighted by molar-refractivity contribution is 5.62. The third-order valence-electron chi connectivity index (χ3n) is 5.45. The number of fused-ring (bicyclic) bond motifs is 1. The van der Waals surface area contributed by atoms with E-state index < -0.39 is 0 Å². The van der Waals surface area contributed by atoms with E-state index in [4.69, 9.17) is 0 Å². The highest BCUT2D eigenvalue weighted by Gasteiger charge is 2.19. The number of rotatable bonds is 6. The summed E-state index contributed by atoms with van der Waals surface area (Å²) in [5.74, 6) is 1.70. The quantitative estimate of drug-likeness (QED) is 0.459. The molecule has 5 aromatic rings. The predicted molar refractivity (Wildman–Crippen MR) is 118 cm³/mol. The maximum Gasteiger partial charge on any atom is 0.182 e. The van der Waals surface area contributed by atoms with Crippen LogP contribution in [0.3, 0.4) is 0 Å². The number of tetrazole rings is 1. The van der Waals surface area contributed by atoms with E-state index in [1.165, 1.54) is 11.1 Å². The van der Waals surface area contributed by atoms with Gasteiger partial charge in [0.25, 0.3) is 0 Å². The van der Waals surface area contributed by atoms with Gasteiger partial charge in [-0.2, -0.15) is 14.8 Å². The molecule has 154 valence electrons. The number of hydrogen-bond acceptors (Lipinski definition) is 6. The Bertz CT molecular complexity index is 1280. The topological polar surface area (TPSA) is 87.9 Å². The van der Waals surface area contributed by atoms with Crippen LogP contribution in [0.2, 0.25) is 0 Å². The molecule has 1 N–H and O–H groups in total. The van der Waals surface area contributed by atoms with E-state index in [0.717, 1.165) is 29.3 Å². The maximum absolute atomic E-state index is 4.53. The van der Waals surface area contributed by atoms with E-state index in [1.54, 1.807) is 6.20 Å². The molecule has 1 unspecified atom stereocenters. The zero-order chi connectivity index (χ0) is 21.2. The summed E-state index contributed by atoms with van der Waals surface area (Å²) >= 11 is 0. The second kappa shape index (κ2) is 7.98. The van der Waals surface area contributed by atoms with E-state index in [0.29, 0.717) is 5.82 Å². The SMILES string of the molecule is Cc1cc(N(C)c2ccc(CC(c3ccccc3)c3nn[nH]n3)cc2)n2nccc2n1. The van der Waals surface area contributed by atoms with Crippen molar-refractivity contribution < 1.29 is 0 Å². The highest BCUT2D eigenvalue weighted by Crippen LogP contribution is 2.28. The van der Waals surface area contributed by atoms with Crippen LogP contribution in [0.5, 0.6) is 0 Å². The molecule has 3 aromatic heterocycles. The number of anilines is 2. The van der Waals surface area contributed by atoms with Crippen molar-refractivity contribution in [3.05, 3.63) is 95.6 Å². The van der Waals surface area contributed by atoms with Crippen molar-refractivity contribution >= 4 is 17.2 Å². The van der Waals surface area contributed by atoms with Crippen molar-refractivity contribution in [2.24, 2.45) is 0 Å². The number of nitrogens with zero attached hydrogens (tertiary/aromatic N) is 7. The number of aryl methyl sites for hydroxylation is 1. The first-order valence-electron chi connectivity index (χ1n) is 10.1. The standard InChI is InChI=1S/C23H22N8/c1-16-14-22(31-21(25-16)12-13-24-31)30(2)19-10-8-17(9-11-19)15-20(23-26-28-29-27-23)18-6-4-3-5-7-18/h3-14,20H,15H2,1-2H3,(H,26,27,28,29). The number of benzene rings is 2. The fraction of sp³-hybridized carbons (Fsp3) is 0.174. The number of aromatic nitrogens is 7. The summed E-state index contributed by atoms with van der Waals surface area (Å²) in [5.41, 5.74) is 5.23. The van der Waals surface area contributed by atoms with Crippen LogP contribution in [-0.2, 0) is 6.42 Å². The fourth-order valence-corrected chi connectivity index (χ4v) is 3.84. The summed E-state index contributed by atoms with van der Waals surface area (Å²) in [5, 5.41) is 19.2. The van der Waals surface area contributed by atoms with E-state index in [9.17, 15) is 0 Å². The summed E-state index contributed by atoms with van der Waals surface area (Å²) in [7, 11) is 2.04. The Morgan fingerprint density at radius 3 is 2.58 bits per heavy atom. The number of hydrogen-bond donors (Lipinski definition) is 1. The average Bonchev–Trinajstić information content (AvgIpc) is 3.49. The molecule has 0 spiro atoms. The van der Waals surface area contributed by atoms with E-state index in [2.05, 4.69) is 72.0 Å². The average molecular weight is 410 g/mol. The largest absolute Gasteiger partial charge is 0.329 e. The van der Waals surface area contributed by atoms with Crippen molar-refractivity contribution in [1.29, 1.82) is 0 Å². The molecule has 0 fully saturated rings. The van der Waals surface area contributed by atoms with Crippen molar-refractivity contribution in [3.63, 3.8) is 0 Å². The summed E-state index contributed by atoms with van der Waals surface area (Å²) in [6.07, 6.45) is 2.55. The third-order valence-corrected chi connectivity index (χ3v) is 5.45. The van der Waals surface area contributed by atoms with Crippen molar-refractivity contribution in [2.45, 2.75) is 19.3 Å². The van der Waals surface area contributed by atoms with Gasteiger partial charge in [0, 0.05) is 30.6 Å².